The molecule has 1 atom stereocenters. The summed E-state index contributed by atoms with van der Waals surface area (Å²) in [6, 6.07) is 4.70. The predicted octanol–water partition coefficient (Wildman–Crippen LogP) is 1.11. The van der Waals surface area contributed by atoms with E-state index in [9.17, 15) is 13.2 Å². The van der Waals surface area contributed by atoms with Crippen LogP contribution in [0.3, 0.4) is 0 Å². The lowest BCUT2D eigenvalue weighted by atomic mass is 9.90. The van der Waals surface area contributed by atoms with Crippen molar-refractivity contribution in [3.63, 3.8) is 0 Å². The van der Waals surface area contributed by atoms with Crippen molar-refractivity contribution in [2.24, 2.45) is 5.14 Å². The van der Waals surface area contributed by atoms with Crippen molar-refractivity contribution in [3.8, 4) is 0 Å². The summed E-state index contributed by atoms with van der Waals surface area (Å²) in [5.74, 6) is -0.161. The van der Waals surface area contributed by atoms with Gasteiger partial charge in [0.25, 0.3) is 0 Å². The highest BCUT2D eigenvalue weighted by molar-refractivity contribution is 7.89. The van der Waals surface area contributed by atoms with Gasteiger partial charge in [-0.3, -0.25) is 4.79 Å². The fourth-order valence-electron chi connectivity index (χ4n) is 2.50. The first-order valence-corrected chi connectivity index (χ1v) is 8.47. The van der Waals surface area contributed by atoms with Gasteiger partial charge in [0.2, 0.25) is 15.9 Å². The lowest BCUT2D eigenvalue weighted by molar-refractivity contribution is -0.122. The molecule has 1 aromatic rings. The lowest BCUT2D eigenvalue weighted by Gasteiger charge is -2.33. The van der Waals surface area contributed by atoms with Crippen LogP contribution in [0, 0.1) is 6.92 Å². The quantitative estimate of drug-likeness (QED) is 0.778. The number of amides is 1. The van der Waals surface area contributed by atoms with Crippen molar-refractivity contribution in [2.75, 3.05) is 11.9 Å². The van der Waals surface area contributed by atoms with Gasteiger partial charge in [-0.1, -0.05) is 6.07 Å². The maximum atomic E-state index is 12.4. The van der Waals surface area contributed by atoms with E-state index in [4.69, 9.17) is 5.14 Å². The molecule has 1 unspecified atom stereocenters. The summed E-state index contributed by atoms with van der Waals surface area (Å²) in [6.07, 6.45) is 2.81. The van der Waals surface area contributed by atoms with Crippen LogP contribution in [-0.4, -0.2) is 26.4 Å². The average molecular weight is 311 g/mol. The van der Waals surface area contributed by atoms with Gasteiger partial charge in [0, 0.05) is 5.69 Å². The van der Waals surface area contributed by atoms with Crippen molar-refractivity contribution >= 4 is 21.6 Å². The van der Waals surface area contributed by atoms with Gasteiger partial charge in [0.15, 0.2) is 0 Å². The predicted molar refractivity (Wildman–Crippen MR) is 81.4 cm³/mol. The van der Waals surface area contributed by atoms with Gasteiger partial charge in [-0.2, -0.15) is 0 Å². The van der Waals surface area contributed by atoms with Crippen LogP contribution in [0.1, 0.15) is 31.7 Å². The first-order valence-electron chi connectivity index (χ1n) is 6.92. The van der Waals surface area contributed by atoms with E-state index in [1.54, 1.807) is 19.1 Å². The van der Waals surface area contributed by atoms with Gasteiger partial charge in [-0.15, -0.1) is 0 Å². The monoisotopic (exact) mass is 311 g/mol. The number of rotatable bonds is 3. The zero-order valence-electron chi connectivity index (χ0n) is 12.3. The van der Waals surface area contributed by atoms with Crippen LogP contribution < -0.4 is 15.8 Å². The molecule has 0 saturated carbocycles. The molecule has 1 aliphatic heterocycles. The summed E-state index contributed by atoms with van der Waals surface area (Å²) in [5, 5.41) is 11.2. The van der Waals surface area contributed by atoms with Crippen molar-refractivity contribution in [2.45, 2.75) is 43.5 Å². The van der Waals surface area contributed by atoms with Gasteiger partial charge in [0.1, 0.15) is 0 Å². The number of piperidine rings is 1. The zero-order chi connectivity index (χ0) is 15.7. The number of anilines is 1. The van der Waals surface area contributed by atoms with Crippen molar-refractivity contribution in [3.05, 3.63) is 23.8 Å². The van der Waals surface area contributed by atoms with E-state index in [1.807, 2.05) is 6.92 Å². The number of carbonyl (C=O) groups excluding carboxylic acids is 1. The molecule has 0 bridgehead atoms. The maximum absolute atomic E-state index is 12.4. The van der Waals surface area contributed by atoms with Crippen molar-refractivity contribution < 1.29 is 13.2 Å². The van der Waals surface area contributed by atoms with Crippen LogP contribution in [-0.2, 0) is 14.8 Å². The van der Waals surface area contributed by atoms with Crippen LogP contribution in [0.2, 0.25) is 0 Å². The Morgan fingerprint density at radius 3 is 2.67 bits per heavy atom. The highest BCUT2D eigenvalue weighted by Crippen LogP contribution is 2.23. The molecule has 0 radical (unpaired) electrons. The van der Waals surface area contributed by atoms with Crippen molar-refractivity contribution in [1.82, 2.24) is 5.32 Å². The summed E-state index contributed by atoms with van der Waals surface area (Å²) in [7, 11) is -3.80. The SMILES string of the molecule is Cc1ccc(NC(=O)C2(C)CCCCN2)cc1S(N)(=O)=O. The number of hydrogen-bond donors (Lipinski definition) is 3. The Bertz CT molecular complexity index is 649. The van der Waals surface area contributed by atoms with E-state index in [0.717, 1.165) is 25.8 Å². The minimum atomic E-state index is -3.80. The zero-order valence-corrected chi connectivity index (χ0v) is 13.1. The molecule has 1 aromatic carbocycles. The molecular weight excluding hydrogens is 290 g/mol. The number of nitrogens with two attached hydrogens (primary N) is 1. The first kappa shape index (κ1) is 15.9. The largest absolute Gasteiger partial charge is 0.324 e. The summed E-state index contributed by atoms with van der Waals surface area (Å²) in [6.45, 7) is 4.33. The molecule has 6 nitrogen and oxygen atoms in total. The lowest BCUT2D eigenvalue weighted by Crippen LogP contribution is -2.54. The number of aryl methyl sites for hydroxylation is 1. The third-order valence-electron chi connectivity index (χ3n) is 3.87. The Labute approximate surface area is 125 Å². The molecule has 1 amide bonds. The molecule has 21 heavy (non-hydrogen) atoms. The Kier molecular flexibility index (Phi) is 4.36. The molecule has 1 heterocycles. The van der Waals surface area contributed by atoms with Crippen LogP contribution in [0.5, 0.6) is 0 Å². The summed E-state index contributed by atoms with van der Waals surface area (Å²) < 4.78 is 23.0. The molecule has 116 valence electrons. The number of hydrogen-bond acceptors (Lipinski definition) is 4. The van der Waals surface area contributed by atoms with Crippen LogP contribution in [0.25, 0.3) is 0 Å². The van der Waals surface area contributed by atoms with E-state index >= 15 is 0 Å². The molecule has 0 spiro atoms. The number of carbonyl (C=O) groups is 1. The molecule has 0 aromatic heterocycles. The van der Waals surface area contributed by atoms with E-state index in [2.05, 4.69) is 10.6 Å². The van der Waals surface area contributed by atoms with Gasteiger partial charge in [-0.05, 0) is 57.4 Å². The molecular formula is C14H21N3O3S. The molecule has 7 heteroatoms. The number of nitrogens with one attached hydrogen (secondary N) is 2. The second kappa shape index (κ2) is 5.75. The first-order chi connectivity index (χ1) is 9.72. The highest BCUT2D eigenvalue weighted by atomic mass is 32.2. The minimum absolute atomic E-state index is 0.0297. The third-order valence-corrected chi connectivity index (χ3v) is 4.93. The summed E-state index contributed by atoms with van der Waals surface area (Å²) in [4.78, 5) is 12.4. The number of primary sulfonamides is 1. The second-order valence-corrected chi connectivity index (χ2v) is 7.23. The molecule has 1 aliphatic rings. The Morgan fingerprint density at radius 1 is 1.38 bits per heavy atom. The Morgan fingerprint density at radius 2 is 2.10 bits per heavy atom. The van der Waals surface area contributed by atoms with E-state index in [-0.39, 0.29) is 10.8 Å². The van der Waals surface area contributed by atoms with Gasteiger partial charge in [-0.25, -0.2) is 13.6 Å². The fourth-order valence-corrected chi connectivity index (χ4v) is 3.31. The fraction of sp³-hybridized carbons (Fsp3) is 0.500. The number of benzene rings is 1. The van der Waals surface area contributed by atoms with Gasteiger partial charge in [0.05, 0.1) is 10.4 Å². The van der Waals surface area contributed by atoms with Crippen LogP contribution >= 0.6 is 0 Å². The standard InChI is InChI=1S/C14H21N3O3S/c1-10-5-6-11(9-12(10)21(15,19)20)17-13(18)14(2)7-3-4-8-16-14/h5-6,9,16H,3-4,7-8H2,1-2H3,(H,17,18)(H2,15,19,20). The Balaban J connectivity index is 2.22. The topological polar surface area (TPSA) is 101 Å². The highest BCUT2D eigenvalue weighted by Gasteiger charge is 2.34. The van der Waals surface area contributed by atoms with E-state index in [1.165, 1.54) is 6.07 Å². The van der Waals surface area contributed by atoms with E-state index < -0.39 is 15.6 Å². The molecule has 1 fully saturated rings. The maximum Gasteiger partial charge on any atom is 0.244 e. The van der Waals surface area contributed by atoms with Crippen LogP contribution in [0.15, 0.2) is 23.1 Å². The average Bonchev–Trinajstić information content (AvgIpc) is 2.40. The smallest absolute Gasteiger partial charge is 0.244 e. The minimum Gasteiger partial charge on any atom is -0.324 e. The second-order valence-electron chi connectivity index (χ2n) is 5.70. The normalized spacial score (nSPS) is 22.8. The van der Waals surface area contributed by atoms with Crippen molar-refractivity contribution in [1.29, 1.82) is 0 Å². The van der Waals surface area contributed by atoms with Gasteiger partial charge >= 0.3 is 0 Å². The third kappa shape index (κ3) is 3.61. The van der Waals surface area contributed by atoms with E-state index in [0.29, 0.717) is 11.3 Å². The van der Waals surface area contributed by atoms with Gasteiger partial charge < -0.3 is 10.6 Å². The number of sulfonamides is 1. The Hall–Kier alpha value is -1.44. The summed E-state index contributed by atoms with van der Waals surface area (Å²) in [5.41, 5.74) is 0.367. The molecule has 2 rings (SSSR count). The molecule has 1 saturated heterocycles. The van der Waals surface area contributed by atoms with Crippen LogP contribution in [0.4, 0.5) is 5.69 Å². The summed E-state index contributed by atoms with van der Waals surface area (Å²) >= 11 is 0. The molecule has 0 aliphatic carbocycles. The molecule has 4 N–H and O–H groups in total.